The van der Waals surface area contributed by atoms with Gasteiger partial charge in [-0.3, -0.25) is 14.5 Å². The van der Waals surface area contributed by atoms with Crippen molar-refractivity contribution in [3.63, 3.8) is 0 Å². The molecule has 176 valence electrons. The second-order valence-electron chi connectivity index (χ2n) is 8.11. The van der Waals surface area contributed by atoms with Gasteiger partial charge in [0.15, 0.2) is 0 Å². The Morgan fingerprint density at radius 2 is 1.82 bits per heavy atom. The van der Waals surface area contributed by atoms with Gasteiger partial charge in [0.2, 0.25) is 0 Å². The summed E-state index contributed by atoms with van der Waals surface area (Å²) >= 11 is 0. The molecule has 0 aliphatic heterocycles. The molecule has 0 saturated carbocycles. The Morgan fingerprint density at radius 1 is 1.09 bits per heavy atom. The molecule has 0 bridgehead atoms. The lowest BCUT2D eigenvalue weighted by atomic mass is 10.1. The van der Waals surface area contributed by atoms with Crippen LogP contribution in [0, 0.1) is 6.92 Å². The third kappa shape index (κ3) is 4.94. The molecule has 0 fully saturated rings. The second-order valence-corrected chi connectivity index (χ2v) is 9.80. The number of aromatic nitrogens is 3. The van der Waals surface area contributed by atoms with E-state index < -0.39 is 10.0 Å². The molecule has 2 N–H and O–H groups in total. The Labute approximate surface area is 199 Å². The van der Waals surface area contributed by atoms with E-state index in [0.717, 1.165) is 11.5 Å². The minimum Gasteiger partial charge on any atom is -0.349 e. The van der Waals surface area contributed by atoms with Gasteiger partial charge in [-0.25, -0.2) is 13.4 Å². The first kappa shape index (κ1) is 23.4. The standard InChI is InChI=1S/C25H27N5O3S/c1-4-30-18(3)28-23-16-20(29-34(32,33)21-11-6-5-7-12-21)15-22(24(23)30)25(31)27-17(2)14-19-10-8-9-13-26-19/h5-13,15-17,29H,4,14H2,1-3H3,(H,27,31)/t17-/m1/s1. The molecular weight excluding hydrogens is 450 g/mol. The molecule has 0 spiro atoms. The molecule has 2 aromatic carbocycles. The summed E-state index contributed by atoms with van der Waals surface area (Å²) < 4.78 is 30.3. The summed E-state index contributed by atoms with van der Waals surface area (Å²) in [5.74, 6) is 0.444. The number of nitrogens with zero attached hydrogens (tertiary/aromatic N) is 3. The van der Waals surface area contributed by atoms with Crippen molar-refractivity contribution in [3.8, 4) is 0 Å². The van der Waals surface area contributed by atoms with Crippen molar-refractivity contribution in [2.45, 2.75) is 44.7 Å². The first-order valence-electron chi connectivity index (χ1n) is 11.1. The van der Waals surface area contributed by atoms with Gasteiger partial charge in [0.25, 0.3) is 15.9 Å². The number of aryl methyl sites for hydroxylation is 2. The number of anilines is 1. The number of benzene rings is 2. The first-order valence-corrected chi connectivity index (χ1v) is 12.6. The van der Waals surface area contributed by atoms with E-state index in [-0.39, 0.29) is 22.5 Å². The zero-order valence-corrected chi connectivity index (χ0v) is 20.1. The van der Waals surface area contributed by atoms with Crippen LogP contribution in [0.15, 0.2) is 71.8 Å². The summed E-state index contributed by atoms with van der Waals surface area (Å²) in [6, 6.07) is 16.8. The molecule has 2 aromatic heterocycles. The van der Waals surface area contributed by atoms with Crippen molar-refractivity contribution < 1.29 is 13.2 Å². The highest BCUT2D eigenvalue weighted by atomic mass is 32.2. The molecular formula is C25H27N5O3S. The van der Waals surface area contributed by atoms with E-state index in [1.807, 2.05) is 43.5 Å². The summed E-state index contributed by atoms with van der Waals surface area (Å²) in [6.07, 6.45) is 2.29. The maximum Gasteiger partial charge on any atom is 0.261 e. The molecule has 2 heterocycles. The molecule has 4 aromatic rings. The van der Waals surface area contributed by atoms with Gasteiger partial charge in [0, 0.05) is 30.9 Å². The van der Waals surface area contributed by atoms with E-state index in [2.05, 4.69) is 20.0 Å². The zero-order valence-electron chi connectivity index (χ0n) is 19.3. The van der Waals surface area contributed by atoms with Crippen LogP contribution in [-0.4, -0.2) is 34.9 Å². The van der Waals surface area contributed by atoms with E-state index in [4.69, 9.17) is 0 Å². The summed E-state index contributed by atoms with van der Waals surface area (Å²) in [4.78, 5) is 22.4. The van der Waals surface area contributed by atoms with E-state index >= 15 is 0 Å². The Hall–Kier alpha value is -3.72. The van der Waals surface area contributed by atoms with Crippen LogP contribution in [0.1, 0.15) is 35.7 Å². The number of rotatable bonds is 8. The molecule has 0 unspecified atom stereocenters. The van der Waals surface area contributed by atoms with Gasteiger partial charge >= 0.3 is 0 Å². The number of hydrogen-bond donors (Lipinski definition) is 2. The smallest absolute Gasteiger partial charge is 0.261 e. The van der Waals surface area contributed by atoms with Crippen molar-refractivity contribution in [3.05, 3.63) is 83.9 Å². The molecule has 4 rings (SSSR count). The highest BCUT2D eigenvalue weighted by Crippen LogP contribution is 2.27. The monoisotopic (exact) mass is 477 g/mol. The number of imidazole rings is 1. The Kier molecular flexibility index (Phi) is 6.65. The lowest BCUT2D eigenvalue weighted by Gasteiger charge is -2.16. The SMILES string of the molecule is CCn1c(C)nc2cc(NS(=O)(=O)c3ccccc3)cc(C(=O)N[C@H](C)Cc3ccccn3)c21. The third-order valence-electron chi connectivity index (χ3n) is 5.52. The fraction of sp³-hybridized carbons (Fsp3) is 0.240. The fourth-order valence-electron chi connectivity index (χ4n) is 4.00. The largest absolute Gasteiger partial charge is 0.349 e. The predicted molar refractivity (Wildman–Crippen MR) is 132 cm³/mol. The molecule has 0 aliphatic carbocycles. The number of carbonyl (C=O) groups excluding carboxylic acids is 1. The molecule has 0 saturated heterocycles. The second kappa shape index (κ2) is 9.64. The van der Waals surface area contributed by atoms with E-state index in [0.29, 0.717) is 29.6 Å². The third-order valence-corrected chi connectivity index (χ3v) is 6.92. The van der Waals surface area contributed by atoms with Gasteiger partial charge in [0.05, 0.1) is 27.2 Å². The lowest BCUT2D eigenvalue weighted by Crippen LogP contribution is -2.34. The van der Waals surface area contributed by atoms with Crippen LogP contribution in [0.4, 0.5) is 5.69 Å². The molecule has 8 nitrogen and oxygen atoms in total. The van der Waals surface area contributed by atoms with Gasteiger partial charge in [-0.1, -0.05) is 24.3 Å². The summed E-state index contributed by atoms with van der Waals surface area (Å²) in [7, 11) is -3.82. The van der Waals surface area contributed by atoms with Crippen molar-refractivity contribution in [2.24, 2.45) is 0 Å². The van der Waals surface area contributed by atoms with Gasteiger partial charge in [-0.2, -0.15) is 0 Å². The molecule has 9 heteroatoms. The van der Waals surface area contributed by atoms with Crippen molar-refractivity contribution in [2.75, 3.05) is 4.72 Å². The van der Waals surface area contributed by atoms with E-state index in [1.165, 1.54) is 12.1 Å². The Morgan fingerprint density at radius 3 is 2.50 bits per heavy atom. The van der Waals surface area contributed by atoms with Crippen LogP contribution < -0.4 is 10.0 Å². The van der Waals surface area contributed by atoms with Crippen LogP contribution in [0.3, 0.4) is 0 Å². The minimum absolute atomic E-state index is 0.139. The number of amides is 1. The molecule has 1 atom stereocenters. The van der Waals surface area contributed by atoms with Gasteiger partial charge in [-0.15, -0.1) is 0 Å². The average molecular weight is 478 g/mol. The maximum atomic E-state index is 13.4. The lowest BCUT2D eigenvalue weighted by molar-refractivity contribution is 0.0941. The Balaban J connectivity index is 1.70. The molecule has 34 heavy (non-hydrogen) atoms. The van der Waals surface area contributed by atoms with Crippen molar-refractivity contribution in [1.82, 2.24) is 19.9 Å². The minimum atomic E-state index is -3.82. The summed E-state index contributed by atoms with van der Waals surface area (Å²) in [5, 5.41) is 3.02. The van der Waals surface area contributed by atoms with Crippen LogP contribution in [-0.2, 0) is 23.0 Å². The van der Waals surface area contributed by atoms with Crippen LogP contribution in [0.5, 0.6) is 0 Å². The number of fused-ring (bicyclic) bond motifs is 1. The number of nitrogens with one attached hydrogen (secondary N) is 2. The van der Waals surface area contributed by atoms with Gasteiger partial charge in [0.1, 0.15) is 5.82 Å². The van der Waals surface area contributed by atoms with Crippen LogP contribution in [0.2, 0.25) is 0 Å². The summed E-state index contributed by atoms with van der Waals surface area (Å²) in [6.45, 7) is 6.38. The summed E-state index contributed by atoms with van der Waals surface area (Å²) in [5.41, 5.74) is 2.73. The Bertz CT molecular complexity index is 1420. The number of hydrogen-bond acceptors (Lipinski definition) is 5. The van der Waals surface area contributed by atoms with Crippen LogP contribution >= 0.6 is 0 Å². The quantitative estimate of drug-likeness (QED) is 0.400. The van der Waals surface area contributed by atoms with Gasteiger partial charge < -0.3 is 9.88 Å². The number of pyridine rings is 1. The van der Waals surface area contributed by atoms with E-state index in [1.54, 1.807) is 36.5 Å². The fourth-order valence-corrected chi connectivity index (χ4v) is 5.06. The average Bonchev–Trinajstić information content (AvgIpc) is 3.14. The first-order chi connectivity index (χ1) is 16.3. The maximum absolute atomic E-state index is 13.4. The topological polar surface area (TPSA) is 106 Å². The molecule has 0 radical (unpaired) electrons. The highest BCUT2D eigenvalue weighted by Gasteiger charge is 2.22. The number of carbonyl (C=O) groups is 1. The molecule has 0 aliphatic rings. The van der Waals surface area contributed by atoms with Crippen LogP contribution in [0.25, 0.3) is 11.0 Å². The normalized spacial score (nSPS) is 12.4. The van der Waals surface area contributed by atoms with E-state index in [9.17, 15) is 13.2 Å². The molecule has 1 amide bonds. The zero-order chi connectivity index (χ0) is 24.3. The predicted octanol–water partition coefficient (Wildman–Crippen LogP) is 3.92. The van der Waals surface area contributed by atoms with Crippen molar-refractivity contribution in [1.29, 1.82) is 0 Å². The van der Waals surface area contributed by atoms with Crippen molar-refractivity contribution >= 4 is 32.7 Å². The van der Waals surface area contributed by atoms with Gasteiger partial charge in [-0.05, 0) is 57.2 Å². The number of sulfonamides is 1. The highest BCUT2D eigenvalue weighted by molar-refractivity contribution is 7.92.